The van der Waals surface area contributed by atoms with Crippen molar-refractivity contribution in [2.24, 2.45) is 5.92 Å². The standard InChI is InChI=1S/C19H19F3N2O/c20-15-4-6-17(7-5-15)24(13-16-3-1-2-12-23-16)18(25)14-8-10-19(21,22)11-9-14/h1-7,12,14H,8-11,13H2. The van der Waals surface area contributed by atoms with Crippen molar-refractivity contribution in [3.63, 3.8) is 0 Å². The Morgan fingerprint density at radius 2 is 1.80 bits per heavy atom. The zero-order valence-corrected chi connectivity index (χ0v) is 13.7. The number of amides is 1. The number of anilines is 1. The van der Waals surface area contributed by atoms with Crippen LogP contribution in [0.2, 0.25) is 0 Å². The topological polar surface area (TPSA) is 33.2 Å². The molecule has 0 spiro atoms. The molecule has 1 aliphatic rings. The largest absolute Gasteiger partial charge is 0.306 e. The van der Waals surface area contributed by atoms with E-state index in [9.17, 15) is 18.0 Å². The molecule has 0 bridgehead atoms. The fraction of sp³-hybridized carbons (Fsp3) is 0.368. The molecule has 0 atom stereocenters. The van der Waals surface area contributed by atoms with Crippen LogP contribution in [0.5, 0.6) is 0 Å². The van der Waals surface area contributed by atoms with E-state index < -0.39 is 17.7 Å². The van der Waals surface area contributed by atoms with Gasteiger partial charge in [0, 0.05) is 30.6 Å². The molecule has 0 aliphatic heterocycles. The van der Waals surface area contributed by atoms with Crippen molar-refractivity contribution in [3.8, 4) is 0 Å². The van der Waals surface area contributed by atoms with Gasteiger partial charge in [0.15, 0.2) is 0 Å². The molecule has 132 valence electrons. The first-order valence-electron chi connectivity index (χ1n) is 8.29. The monoisotopic (exact) mass is 348 g/mol. The molecular formula is C19H19F3N2O. The highest BCUT2D eigenvalue weighted by molar-refractivity contribution is 5.95. The lowest BCUT2D eigenvalue weighted by Crippen LogP contribution is -2.39. The maximum Gasteiger partial charge on any atom is 0.248 e. The van der Waals surface area contributed by atoms with Crippen LogP contribution in [0.1, 0.15) is 31.4 Å². The van der Waals surface area contributed by atoms with Gasteiger partial charge in [0.25, 0.3) is 0 Å². The number of carbonyl (C=O) groups excluding carboxylic acids is 1. The molecule has 1 aromatic heterocycles. The number of halogens is 3. The summed E-state index contributed by atoms with van der Waals surface area (Å²) in [5.74, 6) is -3.74. The number of pyridine rings is 1. The minimum atomic E-state index is -2.68. The zero-order chi connectivity index (χ0) is 17.9. The fourth-order valence-electron chi connectivity index (χ4n) is 3.08. The highest BCUT2D eigenvalue weighted by Gasteiger charge is 2.38. The van der Waals surface area contributed by atoms with Gasteiger partial charge in [-0.3, -0.25) is 9.78 Å². The van der Waals surface area contributed by atoms with Crippen LogP contribution in [0, 0.1) is 11.7 Å². The quantitative estimate of drug-likeness (QED) is 0.810. The summed E-state index contributed by atoms with van der Waals surface area (Å²) in [6.45, 7) is 0.220. The average molecular weight is 348 g/mol. The van der Waals surface area contributed by atoms with E-state index in [1.54, 1.807) is 18.3 Å². The Bertz CT molecular complexity index is 709. The van der Waals surface area contributed by atoms with Crippen LogP contribution >= 0.6 is 0 Å². The molecule has 1 amide bonds. The number of benzene rings is 1. The number of hydrogen-bond donors (Lipinski definition) is 0. The van der Waals surface area contributed by atoms with Crippen LogP contribution in [0.4, 0.5) is 18.9 Å². The fourth-order valence-corrected chi connectivity index (χ4v) is 3.08. The summed E-state index contributed by atoms with van der Waals surface area (Å²) in [6.07, 6.45) is 1.40. The van der Waals surface area contributed by atoms with Crippen molar-refractivity contribution < 1.29 is 18.0 Å². The summed E-state index contributed by atoms with van der Waals surface area (Å²) in [7, 11) is 0. The Labute approximate surface area is 144 Å². The van der Waals surface area contributed by atoms with E-state index in [1.807, 2.05) is 6.07 Å². The Morgan fingerprint density at radius 3 is 2.40 bits per heavy atom. The third-order valence-electron chi connectivity index (χ3n) is 4.52. The van der Waals surface area contributed by atoms with E-state index >= 15 is 0 Å². The van der Waals surface area contributed by atoms with E-state index in [1.165, 1.54) is 29.2 Å². The summed E-state index contributed by atoms with van der Waals surface area (Å²) in [4.78, 5) is 18.7. The van der Waals surface area contributed by atoms with Crippen molar-refractivity contribution in [1.29, 1.82) is 0 Å². The maximum atomic E-state index is 13.4. The summed E-state index contributed by atoms with van der Waals surface area (Å²) in [6, 6.07) is 11.0. The third kappa shape index (κ3) is 4.38. The Hall–Kier alpha value is -2.37. The lowest BCUT2D eigenvalue weighted by molar-refractivity contribution is -0.126. The Balaban J connectivity index is 1.83. The molecule has 1 heterocycles. The molecule has 0 radical (unpaired) electrons. The van der Waals surface area contributed by atoms with E-state index in [-0.39, 0.29) is 38.1 Å². The number of rotatable bonds is 4. The Kier molecular flexibility index (Phi) is 5.06. The van der Waals surface area contributed by atoms with Gasteiger partial charge in [-0.2, -0.15) is 0 Å². The molecule has 3 rings (SSSR count). The lowest BCUT2D eigenvalue weighted by atomic mass is 9.85. The number of carbonyl (C=O) groups is 1. The van der Waals surface area contributed by atoms with Crippen molar-refractivity contribution in [2.45, 2.75) is 38.2 Å². The van der Waals surface area contributed by atoms with Gasteiger partial charge in [-0.1, -0.05) is 6.07 Å². The molecule has 1 saturated carbocycles. The number of alkyl halides is 2. The minimum Gasteiger partial charge on any atom is -0.306 e. The van der Waals surface area contributed by atoms with E-state index in [0.29, 0.717) is 11.4 Å². The third-order valence-corrected chi connectivity index (χ3v) is 4.52. The summed E-state index contributed by atoms with van der Waals surface area (Å²) in [5, 5.41) is 0. The van der Waals surface area contributed by atoms with Crippen LogP contribution < -0.4 is 4.90 Å². The molecule has 0 N–H and O–H groups in total. The van der Waals surface area contributed by atoms with Crippen LogP contribution in [0.25, 0.3) is 0 Å². The lowest BCUT2D eigenvalue weighted by Gasteiger charge is -2.32. The predicted octanol–water partition coefficient (Wildman–Crippen LogP) is 4.58. The zero-order valence-electron chi connectivity index (χ0n) is 13.7. The highest BCUT2D eigenvalue weighted by atomic mass is 19.3. The number of aromatic nitrogens is 1. The normalized spacial score (nSPS) is 17.2. The van der Waals surface area contributed by atoms with E-state index in [2.05, 4.69) is 4.98 Å². The van der Waals surface area contributed by atoms with Crippen LogP contribution in [0.3, 0.4) is 0 Å². The average Bonchev–Trinajstić information content (AvgIpc) is 2.61. The van der Waals surface area contributed by atoms with Gasteiger partial charge in [-0.25, -0.2) is 13.2 Å². The first-order valence-corrected chi connectivity index (χ1v) is 8.29. The van der Waals surface area contributed by atoms with Crippen molar-refractivity contribution >= 4 is 11.6 Å². The molecule has 1 fully saturated rings. The van der Waals surface area contributed by atoms with Crippen molar-refractivity contribution in [2.75, 3.05) is 4.90 Å². The molecule has 1 aliphatic carbocycles. The smallest absolute Gasteiger partial charge is 0.248 e. The summed E-state index contributed by atoms with van der Waals surface area (Å²) < 4.78 is 40.0. The van der Waals surface area contributed by atoms with Crippen molar-refractivity contribution in [3.05, 3.63) is 60.2 Å². The first kappa shape index (κ1) is 17.5. The van der Waals surface area contributed by atoms with Crippen molar-refractivity contribution in [1.82, 2.24) is 4.98 Å². The second-order valence-electron chi connectivity index (χ2n) is 6.35. The molecule has 6 heteroatoms. The Morgan fingerprint density at radius 1 is 1.12 bits per heavy atom. The molecule has 0 saturated heterocycles. The molecule has 25 heavy (non-hydrogen) atoms. The van der Waals surface area contributed by atoms with Gasteiger partial charge in [-0.15, -0.1) is 0 Å². The minimum absolute atomic E-state index is 0.158. The highest BCUT2D eigenvalue weighted by Crippen LogP contribution is 2.37. The van der Waals surface area contributed by atoms with Gasteiger partial charge in [0.2, 0.25) is 11.8 Å². The van der Waals surface area contributed by atoms with E-state index in [4.69, 9.17) is 0 Å². The molecular weight excluding hydrogens is 329 g/mol. The molecule has 2 aromatic rings. The van der Waals surface area contributed by atoms with Gasteiger partial charge in [0.05, 0.1) is 12.2 Å². The summed E-state index contributed by atoms with van der Waals surface area (Å²) >= 11 is 0. The first-order chi connectivity index (χ1) is 11.9. The van der Waals surface area contributed by atoms with E-state index in [0.717, 1.165) is 0 Å². The second-order valence-corrected chi connectivity index (χ2v) is 6.35. The summed E-state index contributed by atoms with van der Waals surface area (Å²) in [5.41, 5.74) is 1.22. The maximum absolute atomic E-state index is 13.4. The van der Waals surface area contributed by atoms with Crippen LogP contribution in [-0.2, 0) is 11.3 Å². The predicted molar refractivity (Wildman–Crippen MR) is 88.7 cm³/mol. The van der Waals surface area contributed by atoms with Crippen LogP contribution in [0.15, 0.2) is 48.7 Å². The molecule has 0 unspecified atom stereocenters. The molecule has 3 nitrogen and oxygen atoms in total. The van der Waals surface area contributed by atoms with Crippen LogP contribution in [-0.4, -0.2) is 16.8 Å². The van der Waals surface area contributed by atoms with Gasteiger partial charge >= 0.3 is 0 Å². The number of hydrogen-bond acceptors (Lipinski definition) is 2. The van der Waals surface area contributed by atoms with Gasteiger partial charge in [0.1, 0.15) is 5.82 Å². The van der Waals surface area contributed by atoms with Gasteiger partial charge in [-0.05, 0) is 49.2 Å². The number of nitrogens with zero attached hydrogens (tertiary/aromatic N) is 2. The SMILES string of the molecule is O=C(C1CCC(F)(F)CC1)N(Cc1ccccn1)c1ccc(F)cc1. The van der Waals surface area contributed by atoms with Gasteiger partial charge < -0.3 is 4.90 Å². The molecule has 1 aromatic carbocycles. The second kappa shape index (κ2) is 7.25.